The fourth-order valence-corrected chi connectivity index (χ4v) is 5.51. The molecule has 0 aliphatic carbocycles. The van der Waals surface area contributed by atoms with Gasteiger partial charge in [0.05, 0.1) is 41.4 Å². The van der Waals surface area contributed by atoms with Crippen molar-refractivity contribution in [3.8, 4) is 11.5 Å². The number of hydrogen-bond acceptors (Lipinski definition) is 8. The van der Waals surface area contributed by atoms with E-state index in [1.807, 2.05) is 13.0 Å². The Hall–Kier alpha value is -2.60. The van der Waals surface area contributed by atoms with Crippen LogP contribution in [0.3, 0.4) is 0 Å². The van der Waals surface area contributed by atoms with Crippen molar-refractivity contribution in [1.29, 1.82) is 0 Å². The average Bonchev–Trinajstić information content (AvgIpc) is 3.41. The molecule has 1 atom stereocenters. The number of hydrogen-bond donors (Lipinski definition) is 0. The van der Waals surface area contributed by atoms with Crippen molar-refractivity contribution in [2.45, 2.75) is 24.5 Å². The lowest BCUT2D eigenvalue weighted by molar-refractivity contribution is -0.0235. The van der Waals surface area contributed by atoms with E-state index in [-0.39, 0.29) is 11.0 Å². The third-order valence-electron chi connectivity index (χ3n) is 5.27. The highest BCUT2D eigenvalue weighted by Gasteiger charge is 2.24. The summed E-state index contributed by atoms with van der Waals surface area (Å²) in [6.07, 6.45) is 1.67. The van der Waals surface area contributed by atoms with E-state index >= 15 is 0 Å². The summed E-state index contributed by atoms with van der Waals surface area (Å²) < 4.78 is 39.5. The SMILES string of the molecule is CC1CN(Cc2nnc(-c3cc(Br)cc4c3cnn4S(=O)(=O)c3ccccc3)o2)CCO1. The maximum absolute atomic E-state index is 13.1. The number of rotatable bonds is 5. The van der Waals surface area contributed by atoms with Crippen molar-refractivity contribution >= 4 is 36.9 Å². The van der Waals surface area contributed by atoms with Crippen LogP contribution in [0.1, 0.15) is 12.8 Å². The largest absolute Gasteiger partial charge is 0.419 e. The smallest absolute Gasteiger partial charge is 0.283 e. The highest BCUT2D eigenvalue weighted by atomic mass is 79.9. The predicted molar refractivity (Wildman–Crippen MR) is 120 cm³/mol. The summed E-state index contributed by atoms with van der Waals surface area (Å²) in [5.74, 6) is 0.802. The van der Waals surface area contributed by atoms with Gasteiger partial charge < -0.3 is 9.15 Å². The van der Waals surface area contributed by atoms with Crippen LogP contribution in [0.25, 0.3) is 22.4 Å². The van der Waals surface area contributed by atoms with E-state index in [2.05, 4.69) is 36.1 Å². The minimum absolute atomic E-state index is 0.159. The van der Waals surface area contributed by atoms with E-state index in [0.29, 0.717) is 45.9 Å². The van der Waals surface area contributed by atoms with Crippen LogP contribution in [0.15, 0.2) is 62.4 Å². The fraction of sp³-hybridized carbons (Fsp3) is 0.286. The standard InChI is InChI=1S/C21H20BrN5O4S/c1-14-12-26(7-8-30-14)13-20-24-25-21(31-20)17-9-15(22)10-19-18(17)11-23-27(19)32(28,29)16-5-3-2-4-6-16/h2-6,9-11,14H,7-8,12-13H2,1H3. The second-order valence-electron chi connectivity index (χ2n) is 7.61. The predicted octanol–water partition coefficient (Wildman–Crippen LogP) is 3.31. The molecule has 2 aromatic carbocycles. The molecule has 32 heavy (non-hydrogen) atoms. The lowest BCUT2D eigenvalue weighted by Crippen LogP contribution is -2.40. The first-order chi connectivity index (χ1) is 15.4. The molecule has 0 amide bonds. The summed E-state index contributed by atoms with van der Waals surface area (Å²) in [4.78, 5) is 2.36. The molecule has 4 aromatic rings. The minimum atomic E-state index is -3.86. The van der Waals surface area contributed by atoms with Gasteiger partial charge in [-0.2, -0.15) is 17.6 Å². The fourth-order valence-electron chi connectivity index (χ4n) is 3.78. The van der Waals surface area contributed by atoms with Crippen LogP contribution in [0, 0.1) is 0 Å². The Kier molecular flexibility index (Phi) is 5.58. The Labute approximate surface area is 193 Å². The van der Waals surface area contributed by atoms with Gasteiger partial charge in [0.1, 0.15) is 0 Å². The van der Waals surface area contributed by atoms with E-state index in [4.69, 9.17) is 9.15 Å². The molecule has 0 bridgehead atoms. The van der Waals surface area contributed by atoms with Gasteiger partial charge in [-0.25, -0.2) is 0 Å². The Morgan fingerprint density at radius 1 is 1.19 bits per heavy atom. The molecule has 1 fully saturated rings. The summed E-state index contributed by atoms with van der Waals surface area (Å²) in [7, 11) is -3.86. The zero-order valence-electron chi connectivity index (χ0n) is 17.2. The normalized spacial score (nSPS) is 17.8. The molecule has 5 rings (SSSR count). The molecule has 11 heteroatoms. The lowest BCUT2D eigenvalue weighted by Gasteiger charge is -2.29. The topological polar surface area (TPSA) is 103 Å². The molecule has 9 nitrogen and oxygen atoms in total. The number of nitrogens with zero attached hydrogens (tertiary/aromatic N) is 5. The highest BCUT2D eigenvalue weighted by molar-refractivity contribution is 9.10. The number of aromatic nitrogens is 4. The zero-order chi connectivity index (χ0) is 22.3. The van der Waals surface area contributed by atoms with Crippen molar-refractivity contribution in [3.05, 3.63) is 59.0 Å². The molecule has 0 spiro atoms. The summed E-state index contributed by atoms with van der Waals surface area (Å²) in [5, 5.41) is 13.2. The van der Waals surface area contributed by atoms with Gasteiger partial charge in [0, 0.05) is 22.9 Å². The first kappa shape index (κ1) is 21.3. The molecule has 0 N–H and O–H groups in total. The monoisotopic (exact) mass is 517 g/mol. The molecule has 1 aliphatic heterocycles. The molecule has 0 saturated carbocycles. The lowest BCUT2D eigenvalue weighted by atomic mass is 10.1. The van der Waals surface area contributed by atoms with Gasteiger partial charge in [-0.05, 0) is 31.2 Å². The van der Waals surface area contributed by atoms with Gasteiger partial charge >= 0.3 is 0 Å². The quantitative estimate of drug-likeness (QED) is 0.397. The van der Waals surface area contributed by atoms with Gasteiger partial charge in [0.25, 0.3) is 10.0 Å². The van der Waals surface area contributed by atoms with Crippen molar-refractivity contribution < 1.29 is 17.6 Å². The summed E-state index contributed by atoms with van der Waals surface area (Å²) in [5.41, 5.74) is 1.03. The van der Waals surface area contributed by atoms with Crippen LogP contribution in [-0.2, 0) is 21.3 Å². The second-order valence-corrected chi connectivity index (χ2v) is 10.3. The Morgan fingerprint density at radius 2 is 2.00 bits per heavy atom. The van der Waals surface area contributed by atoms with Gasteiger partial charge in [0.2, 0.25) is 11.8 Å². The summed E-state index contributed by atoms with van der Waals surface area (Å²) in [6.45, 7) is 4.82. The van der Waals surface area contributed by atoms with Crippen molar-refractivity contribution in [2.75, 3.05) is 19.7 Å². The van der Waals surface area contributed by atoms with Crippen LogP contribution in [0.2, 0.25) is 0 Å². The van der Waals surface area contributed by atoms with Gasteiger partial charge in [0.15, 0.2) is 0 Å². The molecule has 3 heterocycles. The van der Waals surface area contributed by atoms with Crippen LogP contribution in [-0.4, -0.2) is 58.5 Å². The molecular formula is C21H20BrN5O4S. The second kappa shape index (κ2) is 8.39. The van der Waals surface area contributed by atoms with E-state index in [9.17, 15) is 8.42 Å². The first-order valence-corrected chi connectivity index (χ1v) is 12.3. The maximum Gasteiger partial charge on any atom is 0.283 e. The summed E-state index contributed by atoms with van der Waals surface area (Å²) in [6, 6.07) is 11.7. The number of fused-ring (bicyclic) bond motifs is 1. The van der Waals surface area contributed by atoms with E-state index in [1.54, 1.807) is 36.4 Å². The van der Waals surface area contributed by atoms with Crippen LogP contribution < -0.4 is 0 Å². The third-order valence-corrected chi connectivity index (χ3v) is 7.34. The Morgan fingerprint density at radius 3 is 2.78 bits per heavy atom. The molecular weight excluding hydrogens is 498 g/mol. The van der Waals surface area contributed by atoms with Gasteiger partial charge in [-0.1, -0.05) is 34.1 Å². The van der Waals surface area contributed by atoms with Crippen LogP contribution >= 0.6 is 15.9 Å². The third kappa shape index (κ3) is 3.96. The van der Waals surface area contributed by atoms with Crippen LogP contribution in [0.4, 0.5) is 0 Å². The minimum Gasteiger partial charge on any atom is -0.419 e. The van der Waals surface area contributed by atoms with Crippen molar-refractivity contribution in [2.24, 2.45) is 0 Å². The molecule has 2 aromatic heterocycles. The number of halogens is 1. The van der Waals surface area contributed by atoms with Gasteiger partial charge in [-0.15, -0.1) is 10.2 Å². The number of ether oxygens (including phenoxy) is 1. The van der Waals surface area contributed by atoms with E-state index < -0.39 is 10.0 Å². The first-order valence-electron chi connectivity index (χ1n) is 10.1. The van der Waals surface area contributed by atoms with E-state index in [0.717, 1.165) is 17.2 Å². The number of benzene rings is 2. The van der Waals surface area contributed by atoms with Crippen LogP contribution in [0.5, 0.6) is 0 Å². The zero-order valence-corrected chi connectivity index (χ0v) is 19.6. The molecule has 1 unspecified atom stereocenters. The Bertz CT molecular complexity index is 1370. The molecule has 0 radical (unpaired) electrons. The maximum atomic E-state index is 13.1. The Balaban J connectivity index is 1.52. The summed E-state index contributed by atoms with van der Waals surface area (Å²) >= 11 is 3.47. The average molecular weight is 518 g/mol. The molecule has 1 saturated heterocycles. The van der Waals surface area contributed by atoms with Gasteiger partial charge in [-0.3, -0.25) is 4.90 Å². The highest BCUT2D eigenvalue weighted by Crippen LogP contribution is 2.33. The number of morpholine rings is 1. The molecule has 1 aliphatic rings. The van der Waals surface area contributed by atoms with Crippen molar-refractivity contribution in [3.63, 3.8) is 0 Å². The molecule has 166 valence electrons. The van der Waals surface area contributed by atoms with E-state index in [1.165, 1.54) is 6.20 Å². The van der Waals surface area contributed by atoms with Crippen molar-refractivity contribution in [1.82, 2.24) is 24.3 Å².